The van der Waals surface area contributed by atoms with Crippen molar-refractivity contribution in [3.05, 3.63) is 54.1 Å². The van der Waals surface area contributed by atoms with E-state index in [9.17, 15) is 0 Å². The molecule has 1 heterocycles. The van der Waals surface area contributed by atoms with Crippen LogP contribution in [0.25, 0.3) is 22.9 Å². The van der Waals surface area contributed by atoms with Gasteiger partial charge in [0.1, 0.15) is 5.75 Å². The quantitative estimate of drug-likeness (QED) is 0.725. The highest BCUT2D eigenvalue weighted by Gasteiger charge is 2.14. The van der Waals surface area contributed by atoms with E-state index in [2.05, 4.69) is 10.2 Å². The van der Waals surface area contributed by atoms with Gasteiger partial charge in [0.05, 0.1) is 12.7 Å². The Labute approximate surface area is 117 Å². The molecule has 0 N–H and O–H groups in total. The molecule has 3 aromatic rings. The average molecular weight is 266 g/mol. The SMILES string of the molecule is COc1ccccc1-c1nnc(-c2ccccc2C)o1. The molecule has 0 atom stereocenters. The molecular formula is C16H14N2O2. The summed E-state index contributed by atoms with van der Waals surface area (Å²) in [6.45, 7) is 2.02. The number of hydrogen-bond acceptors (Lipinski definition) is 4. The van der Waals surface area contributed by atoms with Crippen LogP contribution in [0.1, 0.15) is 5.56 Å². The lowest BCUT2D eigenvalue weighted by Crippen LogP contribution is -1.87. The molecule has 20 heavy (non-hydrogen) atoms. The first-order chi connectivity index (χ1) is 9.79. The van der Waals surface area contributed by atoms with Crippen molar-refractivity contribution < 1.29 is 9.15 Å². The molecule has 0 aliphatic carbocycles. The fourth-order valence-corrected chi connectivity index (χ4v) is 2.08. The number of nitrogens with zero attached hydrogens (tertiary/aromatic N) is 2. The smallest absolute Gasteiger partial charge is 0.251 e. The van der Waals surface area contributed by atoms with Gasteiger partial charge in [0.15, 0.2) is 0 Å². The van der Waals surface area contributed by atoms with Crippen molar-refractivity contribution >= 4 is 0 Å². The molecule has 3 rings (SSSR count). The zero-order valence-electron chi connectivity index (χ0n) is 11.3. The Morgan fingerprint density at radius 3 is 2.15 bits per heavy atom. The Morgan fingerprint density at radius 1 is 0.850 bits per heavy atom. The first kappa shape index (κ1) is 12.4. The van der Waals surface area contributed by atoms with Crippen molar-refractivity contribution in [1.29, 1.82) is 0 Å². The van der Waals surface area contributed by atoms with Gasteiger partial charge in [-0.25, -0.2) is 0 Å². The van der Waals surface area contributed by atoms with E-state index in [-0.39, 0.29) is 0 Å². The van der Waals surface area contributed by atoms with Gasteiger partial charge in [-0.2, -0.15) is 0 Å². The largest absolute Gasteiger partial charge is 0.496 e. The van der Waals surface area contributed by atoms with Crippen LogP contribution in [0.15, 0.2) is 52.9 Å². The summed E-state index contributed by atoms with van der Waals surface area (Å²) in [5.41, 5.74) is 2.84. The monoisotopic (exact) mass is 266 g/mol. The van der Waals surface area contributed by atoms with Gasteiger partial charge < -0.3 is 9.15 Å². The third-order valence-corrected chi connectivity index (χ3v) is 3.14. The summed E-state index contributed by atoms with van der Waals surface area (Å²) < 4.78 is 11.1. The number of benzene rings is 2. The second-order valence-corrected chi connectivity index (χ2v) is 4.43. The molecule has 0 aliphatic rings. The molecular weight excluding hydrogens is 252 g/mol. The lowest BCUT2D eigenvalue weighted by atomic mass is 10.1. The van der Waals surface area contributed by atoms with E-state index < -0.39 is 0 Å². The van der Waals surface area contributed by atoms with Gasteiger partial charge >= 0.3 is 0 Å². The summed E-state index contributed by atoms with van der Waals surface area (Å²) in [5, 5.41) is 8.24. The third-order valence-electron chi connectivity index (χ3n) is 3.14. The number of aryl methyl sites for hydroxylation is 1. The zero-order chi connectivity index (χ0) is 13.9. The maximum absolute atomic E-state index is 5.78. The van der Waals surface area contributed by atoms with E-state index in [0.29, 0.717) is 17.5 Å². The van der Waals surface area contributed by atoms with Crippen LogP contribution in [-0.2, 0) is 0 Å². The van der Waals surface area contributed by atoms with Crippen LogP contribution in [0.4, 0.5) is 0 Å². The average Bonchev–Trinajstić information content (AvgIpc) is 2.97. The molecule has 1 aromatic heterocycles. The zero-order valence-corrected chi connectivity index (χ0v) is 11.3. The first-order valence-electron chi connectivity index (χ1n) is 6.32. The first-order valence-corrected chi connectivity index (χ1v) is 6.32. The fraction of sp³-hybridized carbons (Fsp3) is 0.125. The fourth-order valence-electron chi connectivity index (χ4n) is 2.08. The van der Waals surface area contributed by atoms with E-state index in [0.717, 1.165) is 16.7 Å². The number of aromatic nitrogens is 2. The van der Waals surface area contributed by atoms with E-state index in [1.54, 1.807) is 7.11 Å². The van der Waals surface area contributed by atoms with Gasteiger partial charge in [-0.05, 0) is 30.7 Å². The molecule has 0 unspecified atom stereocenters. The van der Waals surface area contributed by atoms with Gasteiger partial charge in [0.2, 0.25) is 5.89 Å². The van der Waals surface area contributed by atoms with Crippen LogP contribution in [-0.4, -0.2) is 17.3 Å². The lowest BCUT2D eigenvalue weighted by Gasteiger charge is -2.03. The normalized spacial score (nSPS) is 10.5. The minimum absolute atomic E-state index is 0.459. The third kappa shape index (κ3) is 2.16. The van der Waals surface area contributed by atoms with Crippen molar-refractivity contribution in [2.45, 2.75) is 6.92 Å². The molecule has 0 saturated carbocycles. The molecule has 0 amide bonds. The molecule has 4 nitrogen and oxygen atoms in total. The highest BCUT2D eigenvalue weighted by molar-refractivity contribution is 5.65. The lowest BCUT2D eigenvalue weighted by molar-refractivity contribution is 0.414. The van der Waals surface area contributed by atoms with Crippen LogP contribution in [0.5, 0.6) is 5.75 Å². The predicted molar refractivity (Wildman–Crippen MR) is 76.5 cm³/mol. The van der Waals surface area contributed by atoms with Gasteiger partial charge in [-0.1, -0.05) is 30.3 Å². The minimum Gasteiger partial charge on any atom is -0.496 e. The van der Waals surface area contributed by atoms with Gasteiger partial charge in [0.25, 0.3) is 5.89 Å². The molecule has 0 fully saturated rings. The topological polar surface area (TPSA) is 48.2 Å². The Kier molecular flexibility index (Phi) is 3.21. The van der Waals surface area contributed by atoms with E-state index in [4.69, 9.17) is 9.15 Å². The Morgan fingerprint density at radius 2 is 1.45 bits per heavy atom. The van der Waals surface area contributed by atoms with E-state index in [1.165, 1.54) is 0 Å². The Bertz CT molecular complexity index is 735. The van der Waals surface area contributed by atoms with Crippen LogP contribution < -0.4 is 4.74 Å². The van der Waals surface area contributed by atoms with Crippen LogP contribution in [0, 0.1) is 6.92 Å². The van der Waals surface area contributed by atoms with Gasteiger partial charge in [-0.15, -0.1) is 10.2 Å². The number of rotatable bonds is 3. The van der Waals surface area contributed by atoms with Crippen LogP contribution in [0.2, 0.25) is 0 Å². The van der Waals surface area contributed by atoms with E-state index in [1.807, 2.05) is 55.5 Å². The van der Waals surface area contributed by atoms with Crippen molar-refractivity contribution in [3.63, 3.8) is 0 Å². The van der Waals surface area contributed by atoms with Gasteiger partial charge in [0, 0.05) is 5.56 Å². The molecule has 2 aromatic carbocycles. The summed E-state index contributed by atoms with van der Waals surface area (Å²) >= 11 is 0. The summed E-state index contributed by atoms with van der Waals surface area (Å²) in [5.74, 6) is 1.69. The summed E-state index contributed by atoms with van der Waals surface area (Å²) in [6.07, 6.45) is 0. The van der Waals surface area contributed by atoms with Crippen LogP contribution >= 0.6 is 0 Å². The maximum Gasteiger partial charge on any atom is 0.251 e. The molecule has 0 radical (unpaired) electrons. The standard InChI is InChI=1S/C16H14N2O2/c1-11-7-3-4-8-12(11)15-17-18-16(20-15)13-9-5-6-10-14(13)19-2/h3-10H,1-2H3. The van der Waals surface area contributed by atoms with Crippen molar-refractivity contribution in [1.82, 2.24) is 10.2 Å². The van der Waals surface area contributed by atoms with E-state index >= 15 is 0 Å². The van der Waals surface area contributed by atoms with Crippen molar-refractivity contribution in [2.75, 3.05) is 7.11 Å². The highest BCUT2D eigenvalue weighted by atomic mass is 16.5. The minimum atomic E-state index is 0.459. The summed E-state index contributed by atoms with van der Waals surface area (Å²) in [7, 11) is 1.62. The summed E-state index contributed by atoms with van der Waals surface area (Å²) in [4.78, 5) is 0. The maximum atomic E-state index is 5.78. The number of methoxy groups -OCH3 is 1. The molecule has 0 aliphatic heterocycles. The summed E-state index contributed by atoms with van der Waals surface area (Å²) in [6, 6.07) is 15.5. The molecule has 0 saturated heterocycles. The van der Waals surface area contributed by atoms with Crippen molar-refractivity contribution in [2.24, 2.45) is 0 Å². The Balaban J connectivity index is 2.05. The Hall–Kier alpha value is -2.62. The van der Waals surface area contributed by atoms with Crippen molar-refractivity contribution in [3.8, 4) is 28.7 Å². The molecule has 0 bridgehead atoms. The second kappa shape index (κ2) is 5.17. The van der Waals surface area contributed by atoms with Crippen LogP contribution in [0.3, 0.4) is 0 Å². The number of ether oxygens (including phenoxy) is 1. The molecule has 0 spiro atoms. The second-order valence-electron chi connectivity index (χ2n) is 4.43. The highest BCUT2D eigenvalue weighted by Crippen LogP contribution is 2.31. The number of hydrogen-bond donors (Lipinski definition) is 0. The molecule has 4 heteroatoms. The predicted octanol–water partition coefficient (Wildman–Crippen LogP) is 3.72. The van der Waals surface area contributed by atoms with Gasteiger partial charge in [-0.3, -0.25) is 0 Å². The molecule has 100 valence electrons. The number of para-hydroxylation sites is 1.